The minimum absolute atomic E-state index is 0.237. The zero-order valence-corrected chi connectivity index (χ0v) is 11.3. The fourth-order valence-corrected chi connectivity index (χ4v) is 2.12. The molecule has 0 radical (unpaired) electrons. The summed E-state index contributed by atoms with van der Waals surface area (Å²) < 4.78 is 5.31. The van der Waals surface area contributed by atoms with Crippen LogP contribution >= 0.6 is 0 Å². The molecule has 1 saturated heterocycles. The zero-order chi connectivity index (χ0) is 14.5. The summed E-state index contributed by atoms with van der Waals surface area (Å²) in [6, 6.07) is 7.16. The molecule has 1 heterocycles. The number of nitrogens with one attached hydrogen (secondary N) is 2. The Morgan fingerprint density at radius 1 is 1.35 bits per heavy atom. The summed E-state index contributed by atoms with van der Waals surface area (Å²) in [5.74, 6) is -0.947. The number of amides is 2. The fourth-order valence-electron chi connectivity index (χ4n) is 2.12. The lowest BCUT2D eigenvalue weighted by atomic mass is 10.2. The highest BCUT2D eigenvalue weighted by Gasteiger charge is 2.30. The molecule has 0 aromatic heterocycles. The van der Waals surface area contributed by atoms with Gasteiger partial charge in [0.2, 0.25) is 0 Å². The van der Waals surface area contributed by atoms with Crippen LogP contribution in [0.1, 0.15) is 18.4 Å². The molecule has 1 aliphatic rings. The molecule has 2 atom stereocenters. The number of carboxylic acid groups (broad SMARTS) is 1. The topological polar surface area (TPSA) is 87.7 Å². The molecule has 0 saturated carbocycles. The Labute approximate surface area is 117 Å². The van der Waals surface area contributed by atoms with E-state index in [0.717, 1.165) is 11.3 Å². The van der Waals surface area contributed by atoms with Crippen LogP contribution in [0, 0.1) is 6.92 Å². The average molecular weight is 278 g/mol. The number of aryl methyl sites for hydroxylation is 1. The number of carboxylic acids is 1. The number of hydrogen-bond acceptors (Lipinski definition) is 3. The van der Waals surface area contributed by atoms with Gasteiger partial charge >= 0.3 is 12.0 Å². The van der Waals surface area contributed by atoms with Gasteiger partial charge in [-0.25, -0.2) is 9.59 Å². The zero-order valence-electron chi connectivity index (χ0n) is 11.3. The number of hydrogen-bond donors (Lipinski definition) is 3. The minimum Gasteiger partial charge on any atom is -0.479 e. The molecule has 1 fully saturated rings. The lowest BCUT2D eigenvalue weighted by Crippen LogP contribution is -2.36. The SMILES string of the molecule is Cc1ccccc1NC(=O)NCC1CCC(C(=O)O)O1. The quantitative estimate of drug-likeness (QED) is 0.783. The van der Waals surface area contributed by atoms with Crippen molar-refractivity contribution in [2.24, 2.45) is 0 Å². The number of benzene rings is 1. The van der Waals surface area contributed by atoms with E-state index in [1.807, 2.05) is 31.2 Å². The molecule has 2 rings (SSSR count). The monoisotopic (exact) mass is 278 g/mol. The maximum Gasteiger partial charge on any atom is 0.332 e. The van der Waals surface area contributed by atoms with E-state index in [-0.39, 0.29) is 12.1 Å². The predicted molar refractivity (Wildman–Crippen MR) is 73.7 cm³/mol. The van der Waals surface area contributed by atoms with Gasteiger partial charge in [-0.1, -0.05) is 18.2 Å². The van der Waals surface area contributed by atoms with E-state index in [2.05, 4.69) is 10.6 Å². The summed E-state index contributed by atoms with van der Waals surface area (Å²) in [5, 5.41) is 14.2. The Balaban J connectivity index is 1.76. The van der Waals surface area contributed by atoms with Gasteiger partial charge in [0.1, 0.15) is 0 Å². The van der Waals surface area contributed by atoms with Crippen LogP contribution in [-0.2, 0) is 9.53 Å². The van der Waals surface area contributed by atoms with Crippen LogP contribution in [0.15, 0.2) is 24.3 Å². The van der Waals surface area contributed by atoms with Crippen LogP contribution in [0.5, 0.6) is 0 Å². The lowest BCUT2D eigenvalue weighted by Gasteiger charge is -2.13. The second-order valence-corrected chi connectivity index (χ2v) is 4.81. The van der Waals surface area contributed by atoms with Crippen molar-refractivity contribution in [1.82, 2.24) is 5.32 Å². The molecule has 1 aromatic carbocycles. The first-order valence-electron chi connectivity index (χ1n) is 6.55. The van der Waals surface area contributed by atoms with Crippen molar-refractivity contribution in [2.75, 3.05) is 11.9 Å². The molecule has 108 valence electrons. The second-order valence-electron chi connectivity index (χ2n) is 4.81. The van der Waals surface area contributed by atoms with Crippen LogP contribution in [0.4, 0.5) is 10.5 Å². The third-order valence-electron chi connectivity index (χ3n) is 3.27. The Morgan fingerprint density at radius 2 is 2.10 bits per heavy atom. The fraction of sp³-hybridized carbons (Fsp3) is 0.429. The Bertz CT molecular complexity index is 504. The van der Waals surface area contributed by atoms with Gasteiger partial charge in [0.15, 0.2) is 6.10 Å². The molecule has 0 aliphatic carbocycles. The molecule has 2 unspecified atom stereocenters. The average Bonchev–Trinajstić information content (AvgIpc) is 2.88. The van der Waals surface area contributed by atoms with Gasteiger partial charge in [-0.3, -0.25) is 0 Å². The van der Waals surface area contributed by atoms with E-state index in [0.29, 0.717) is 19.4 Å². The maximum atomic E-state index is 11.7. The van der Waals surface area contributed by atoms with E-state index in [1.165, 1.54) is 0 Å². The normalized spacial score (nSPS) is 21.4. The van der Waals surface area contributed by atoms with E-state index in [1.54, 1.807) is 0 Å². The number of carbonyl (C=O) groups is 2. The number of carbonyl (C=O) groups excluding carboxylic acids is 1. The van der Waals surface area contributed by atoms with E-state index >= 15 is 0 Å². The number of urea groups is 1. The van der Waals surface area contributed by atoms with Crippen molar-refractivity contribution in [2.45, 2.75) is 32.0 Å². The maximum absolute atomic E-state index is 11.7. The van der Waals surface area contributed by atoms with E-state index < -0.39 is 12.1 Å². The molecule has 20 heavy (non-hydrogen) atoms. The van der Waals surface area contributed by atoms with Gasteiger partial charge in [0, 0.05) is 12.2 Å². The van der Waals surface area contributed by atoms with Crippen LogP contribution in [0.25, 0.3) is 0 Å². The first kappa shape index (κ1) is 14.3. The van der Waals surface area contributed by atoms with Crippen molar-refractivity contribution >= 4 is 17.7 Å². The van der Waals surface area contributed by atoms with Crippen molar-refractivity contribution in [3.63, 3.8) is 0 Å². The van der Waals surface area contributed by atoms with Crippen LogP contribution in [-0.4, -0.2) is 35.9 Å². The van der Waals surface area contributed by atoms with Crippen molar-refractivity contribution < 1.29 is 19.4 Å². The number of para-hydroxylation sites is 1. The van der Waals surface area contributed by atoms with E-state index in [4.69, 9.17) is 9.84 Å². The van der Waals surface area contributed by atoms with Gasteiger partial charge in [-0.05, 0) is 31.4 Å². The van der Waals surface area contributed by atoms with Gasteiger partial charge < -0.3 is 20.5 Å². The minimum atomic E-state index is -0.947. The highest BCUT2D eigenvalue weighted by atomic mass is 16.5. The molecule has 0 bridgehead atoms. The van der Waals surface area contributed by atoms with Crippen molar-refractivity contribution in [3.05, 3.63) is 29.8 Å². The van der Waals surface area contributed by atoms with Gasteiger partial charge in [0.05, 0.1) is 6.10 Å². The lowest BCUT2D eigenvalue weighted by molar-refractivity contribution is -0.149. The van der Waals surface area contributed by atoms with Crippen molar-refractivity contribution in [3.8, 4) is 0 Å². The molecule has 1 aliphatic heterocycles. The summed E-state index contributed by atoms with van der Waals surface area (Å²) in [6.45, 7) is 2.22. The smallest absolute Gasteiger partial charge is 0.332 e. The summed E-state index contributed by atoms with van der Waals surface area (Å²) in [6.07, 6.45) is 0.142. The first-order valence-corrected chi connectivity index (χ1v) is 6.55. The van der Waals surface area contributed by atoms with Crippen LogP contribution in [0.2, 0.25) is 0 Å². The molecular formula is C14H18N2O4. The third kappa shape index (κ3) is 3.71. The van der Waals surface area contributed by atoms with Crippen molar-refractivity contribution in [1.29, 1.82) is 0 Å². The number of aliphatic carboxylic acids is 1. The van der Waals surface area contributed by atoms with E-state index in [9.17, 15) is 9.59 Å². The summed E-state index contributed by atoms with van der Waals surface area (Å²) in [7, 11) is 0. The van der Waals surface area contributed by atoms with Gasteiger partial charge in [-0.2, -0.15) is 0 Å². The highest BCUT2D eigenvalue weighted by molar-refractivity contribution is 5.90. The molecular weight excluding hydrogens is 260 g/mol. The highest BCUT2D eigenvalue weighted by Crippen LogP contribution is 2.19. The van der Waals surface area contributed by atoms with Gasteiger partial charge in [-0.15, -0.1) is 0 Å². The molecule has 6 heteroatoms. The number of anilines is 1. The van der Waals surface area contributed by atoms with Crippen LogP contribution in [0.3, 0.4) is 0 Å². The summed E-state index contributed by atoms with van der Waals surface area (Å²) in [5.41, 5.74) is 1.73. The summed E-state index contributed by atoms with van der Waals surface area (Å²) >= 11 is 0. The predicted octanol–water partition coefficient (Wildman–Crippen LogP) is 1.75. The Kier molecular flexibility index (Phi) is 4.57. The largest absolute Gasteiger partial charge is 0.479 e. The molecule has 6 nitrogen and oxygen atoms in total. The molecule has 2 amide bonds. The second kappa shape index (κ2) is 6.38. The number of ether oxygens (including phenoxy) is 1. The van der Waals surface area contributed by atoms with Crippen LogP contribution < -0.4 is 10.6 Å². The standard InChI is InChI=1S/C14H18N2O4/c1-9-4-2-3-5-11(9)16-14(19)15-8-10-6-7-12(20-10)13(17)18/h2-5,10,12H,6-8H2,1H3,(H,17,18)(H2,15,16,19). The Hall–Kier alpha value is -2.08. The molecule has 1 aromatic rings. The summed E-state index contributed by atoms with van der Waals surface area (Å²) in [4.78, 5) is 22.5. The Morgan fingerprint density at radius 3 is 2.75 bits per heavy atom. The third-order valence-corrected chi connectivity index (χ3v) is 3.27. The van der Waals surface area contributed by atoms with Gasteiger partial charge in [0.25, 0.3) is 0 Å². The molecule has 3 N–H and O–H groups in total. The molecule has 0 spiro atoms. The first-order chi connectivity index (χ1) is 9.56. The number of rotatable bonds is 4.